The number of aryl methyl sites for hydroxylation is 1. The highest BCUT2D eigenvalue weighted by Gasteiger charge is 2.34. The zero-order chi connectivity index (χ0) is 25.3. The minimum Gasteiger partial charge on any atom is -0.487 e. The van der Waals surface area contributed by atoms with Crippen LogP contribution >= 0.6 is 0 Å². The van der Waals surface area contributed by atoms with Crippen LogP contribution in [0.4, 0.5) is 4.39 Å². The second kappa shape index (κ2) is 9.65. The SMILES string of the molecule is CCCOC(=O)c1cc(Oc2cc(F)c(C(=O)OC(C)(C)C)c(CC)c2)c2c(c1)OC(C)(C)C2. The molecule has 0 saturated heterocycles. The molecule has 2 aromatic rings. The van der Waals surface area contributed by atoms with Crippen molar-refractivity contribution in [1.82, 2.24) is 0 Å². The van der Waals surface area contributed by atoms with Crippen LogP contribution in [0.25, 0.3) is 0 Å². The van der Waals surface area contributed by atoms with Gasteiger partial charge in [0.15, 0.2) is 0 Å². The number of hydrogen-bond acceptors (Lipinski definition) is 6. The van der Waals surface area contributed by atoms with Crippen LogP contribution in [0.3, 0.4) is 0 Å². The Balaban J connectivity index is 2.00. The number of ether oxygens (including phenoxy) is 4. The highest BCUT2D eigenvalue weighted by Crippen LogP contribution is 2.43. The highest BCUT2D eigenvalue weighted by atomic mass is 19.1. The van der Waals surface area contributed by atoms with Gasteiger partial charge in [-0.25, -0.2) is 14.0 Å². The fourth-order valence-corrected chi connectivity index (χ4v) is 3.79. The van der Waals surface area contributed by atoms with Gasteiger partial charge in [-0.2, -0.15) is 0 Å². The van der Waals surface area contributed by atoms with Crippen molar-refractivity contribution in [2.24, 2.45) is 0 Å². The van der Waals surface area contributed by atoms with Crippen molar-refractivity contribution in [3.8, 4) is 17.2 Å². The van der Waals surface area contributed by atoms with Crippen molar-refractivity contribution in [3.63, 3.8) is 0 Å². The molecule has 6 nitrogen and oxygen atoms in total. The van der Waals surface area contributed by atoms with E-state index in [2.05, 4.69) is 0 Å². The molecular formula is C27H33FO6. The summed E-state index contributed by atoms with van der Waals surface area (Å²) in [4.78, 5) is 25.1. The molecule has 0 fully saturated rings. The molecule has 0 bridgehead atoms. The van der Waals surface area contributed by atoms with E-state index < -0.39 is 29.0 Å². The number of rotatable bonds is 7. The molecule has 1 aliphatic rings. The van der Waals surface area contributed by atoms with Crippen LogP contribution in [-0.2, 0) is 22.3 Å². The van der Waals surface area contributed by atoms with E-state index in [9.17, 15) is 9.59 Å². The number of carbonyl (C=O) groups excluding carboxylic acids is 2. The summed E-state index contributed by atoms with van der Waals surface area (Å²) in [7, 11) is 0. The molecule has 2 aromatic carbocycles. The summed E-state index contributed by atoms with van der Waals surface area (Å²) < 4.78 is 37.8. The van der Waals surface area contributed by atoms with E-state index in [1.54, 1.807) is 39.0 Å². The van der Waals surface area contributed by atoms with Gasteiger partial charge in [0.2, 0.25) is 0 Å². The first kappa shape index (κ1) is 25.5. The van der Waals surface area contributed by atoms with Crippen LogP contribution < -0.4 is 9.47 Å². The molecule has 184 valence electrons. The predicted octanol–water partition coefficient (Wildman–Crippen LogP) is 6.42. The molecule has 34 heavy (non-hydrogen) atoms. The van der Waals surface area contributed by atoms with E-state index in [0.29, 0.717) is 48.5 Å². The van der Waals surface area contributed by atoms with Crippen LogP contribution in [0.15, 0.2) is 24.3 Å². The minimum absolute atomic E-state index is 0.101. The van der Waals surface area contributed by atoms with Gasteiger partial charge in [-0.3, -0.25) is 0 Å². The van der Waals surface area contributed by atoms with Crippen molar-refractivity contribution in [2.45, 2.75) is 78.9 Å². The maximum atomic E-state index is 15.1. The molecule has 0 aliphatic carbocycles. The van der Waals surface area contributed by atoms with Crippen molar-refractivity contribution in [2.75, 3.05) is 6.61 Å². The number of hydrogen-bond donors (Lipinski definition) is 0. The molecule has 1 heterocycles. The van der Waals surface area contributed by atoms with Crippen molar-refractivity contribution < 1.29 is 32.9 Å². The molecule has 0 amide bonds. The van der Waals surface area contributed by atoms with Crippen molar-refractivity contribution in [1.29, 1.82) is 0 Å². The molecule has 0 atom stereocenters. The maximum absolute atomic E-state index is 15.1. The third-order valence-electron chi connectivity index (χ3n) is 5.19. The zero-order valence-electron chi connectivity index (χ0n) is 21.0. The third kappa shape index (κ3) is 5.88. The Morgan fingerprint density at radius 1 is 1.09 bits per heavy atom. The number of halogens is 1. The Hall–Kier alpha value is -3.09. The molecule has 0 aromatic heterocycles. The molecule has 0 saturated carbocycles. The van der Waals surface area contributed by atoms with E-state index in [1.165, 1.54) is 0 Å². The summed E-state index contributed by atoms with van der Waals surface area (Å²) in [6.45, 7) is 13.1. The van der Waals surface area contributed by atoms with Crippen LogP contribution in [0, 0.1) is 5.82 Å². The third-order valence-corrected chi connectivity index (χ3v) is 5.19. The minimum atomic E-state index is -0.746. The van der Waals surface area contributed by atoms with E-state index >= 15 is 4.39 Å². The van der Waals surface area contributed by atoms with E-state index in [0.717, 1.165) is 11.6 Å². The Kier molecular flexibility index (Phi) is 7.24. The lowest BCUT2D eigenvalue weighted by molar-refractivity contribution is 0.00631. The summed E-state index contributed by atoms with van der Waals surface area (Å²) in [5.41, 5.74) is 0.219. The van der Waals surface area contributed by atoms with Crippen LogP contribution in [-0.4, -0.2) is 29.7 Å². The largest absolute Gasteiger partial charge is 0.487 e. The highest BCUT2D eigenvalue weighted by molar-refractivity contribution is 5.92. The summed E-state index contributed by atoms with van der Waals surface area (Å²) in [6, 6.07) is 6.02. The molecule has 7 heteroatoms. The molecular weight excluding hydrogens is 439 g/mol. The second-order valence-corrected chi connectivity index (χ2v) is 10.0. The van der Waals surface area contributed by atoms with Gasteiger partial charge in [0.25, 0.3) is 0 Å². The Labute approximate surface area is 200 Å². The summed E-state index contributed by atoms with van der Waals surface area (Å²) in [5, 5.41) is 0. The van der Waals surface area contributed by atoms with Crippen LogP contribution in [0.2, 0.25) is 0 Å². The lowest BCUT2D eigenvalue weighted by atomic mass is 9.99. The Bertz CT molecular complexity index is 1100. The average Bonchev–Trinajstić information content (AvgIpc) is 3.04. The average molecular weight is 473 g/mol. The van der Waals surface area contributed by atoms with Gasteiger partial charge >= 0.3 is 11.9 Å². The normalized spacial score (nSPS) is 14.2. The number of carbonyl (C=O) groups is 2. The molecule has 1 aliphatic heterocycles. The summed E-state index contributed by atoms with van der Waals surface area (Å²) in [6.07, 6.45) is 1.66. The van der Waals surface area contributed by atoms with Crippen molar-refractivity contribution in [3.05, 3.63) is 52.3 Å². The molecule has 0 N–H and O–H groups in total. The van der Waals surface area contributed by atoms with Gasteiger partial charge in [-0.05, 0) is 71.2 Å². The predicted molar refractivity (Wildman–Crippen MR) is 126 cm³/mol. The quantitative estimate of drug-likeness (QED) is 0.433. The number of fused-ring (bicyclic) bond motifs is 1. The van der Waals surface area contributed by atoms with Gasteiger partial charge in [-0.15, -0.1) is 0 Å². The Morgan fingerprint density at radius 3 is 2.41 bits per heavy atom. The van der Waals surface area contributed by atoms with Gasteiger partial charge in [0, 0.05) is 18.1 Å². The molecule has 3 rings (SSSR count). The summed E-state index contributed by atoms with van der Waals surface area (Å²) >= 11 is 0. The lowest BCUT2D eigenvalue weighted by Crippen LogP contribution is -2.25. The standard InChI is InChI=1S/C27H33FO6/c1-8-10-31-24(29)17-12-21(19-15-27(6,7)33-22(19)13-17)32-18-11-16(9-2)23(20(28)14-18)25(30)34-26(3,4)5/h11-14H,8-10,15H2,1-7H3. The zero-order valence-corrected chi connectivity index (χ0v) is 21.0. The maximum Gasteiger partial charge on any atom is 0.341 e. The number of esters is 2. The van der Waals surface area contributed by atoms with Gasteiger partial charge in [0.05, 0.1) is 17.7 Å². The van der Waals surface area contributed by atoms with Crippen LogP contribution in [0.5, 0.6) is 17.2 Å². The van der Waals surface area contributed by atoms with Gasteiger partial charge < -0.3 is 18.9 Å². The van der Waals surface area contributed by atoms with E-state index in [1.807, 2.05) is 27.7 Å². The second-order valence-electron chi connectivity index (χ2n) is 10.0. The lowest BCUT2D eigenvalue weighted by Gasteiger charge is -2.21. The monoisotopic (exact) mass is 472 g/mol. The Morgan fingerprint density at radius 2 is 1.79 bits per heavy atom. The summed E-state index contributed by atoms with van der Waals surface area (Å²) in [5.74, 6) is -0.790. The first-order chi connectivity index (χ1) is 15.8. The molecule has 0 unspecified atom stereocenters. The van der Waals surface area contributed by atoms with Gasteiger partial charge in [0.1, 0.15) is 34.3 Å². The van der Waals surface area contributed by atoms with Crippen LogP contribution in [0.1, 0.15) is 86.7 Å². The first-order valence-electron chi connectivity index (χ1n) is 11.6. The fraction of sp³-hybridized carbons (Fsp3) is 0.481. The topological polar surface area (TPSA) is 71.1 Å². The van der Waals surface area contributed by atoms with E-state index in [4.69, 9.17) is 18.9 Å². The first-order valence-corrected chi connectivity index (χ1v) is 11.6. The van der Waals surface area contributed by atoms with Gasteiger partial charge in [-0.1, -0.05) is 13.8 Å². The van der Waals surface area contributed by atoms with Crippen molar-refractivity contribution >= 4 is 11.9 Å². The smallest absolute Gasteiger partial charge is 0.341 e. The molecule has 0 radical (unpaired) electrons. The van der Waals surface area contributed by atoms with E-state index in [-0.39, 0.29) is 11.3 Å². The fourth-order valence-electron chi connectivity index (χ4n) is 3.79. The number of benzene rings is 2. The molecule has 0 spiro atoms.